The van der Waals surface area contributed by atoms with Crippen molar-refractivity contribution < 1.29 is 0 Å². The number of likely N-dealkylation sites (N-methyl/N-ethyl adjacent to an activating group) is 1. The van der Waals surface area contributed by atoms with Crippen molar-refractivity contribution in [2.24, 2.45) is 0 Å². The number of hydrogen-bond acceptors (Lipinski definition) is 4. The van der Waals surface area contributed by atoms with E-state index in [9.17, 15) is 0 Å². The van der Waals surface area contributed by atoms with E-state index in [1.165, 1.54) is 0 Å². The van der Waals surface area contributed by atoms with Crippen LogP contribution in [0, 0.1) is 0 Å². The summed E-state index contributed by atoms with van der Waals surface area (Å²) in [7, 11) is 2.15. The number of hydrazine groups is 1. The highest BCUT2D eigenvalue weighted by Crippen LogP contribution is 2.25. The number of anilines is 1. The maximum atomic E-state index is 6.08. The molecule has 4 nitrogen and oxygen atoms in total. The Morgan fingerprint density at radius 3 is 2.74 bits per heavy atom. The quantitative estimate of drug-likeness (QED) is 0.913. The SMILES string of the molecule is CN1CCN(Nc2ccnc3ccc(Cl)cc23)CC1. The first-order valence-corrected chi connectivity index (χ1v) is 6.84. The number of hydrogen-bond donors (Lipinski definition) is 1. The second-order valence-electron chi connectivity index (χ2n) is 4.92. The molecule has 1 aliphatic heterocycles. The molecule has 0 bridgehead atoms. The smallest absolute Gasteiger partial charge is 0.0724 e. The van der Waals surface area contributed by atoms with Gasteiger partial charge in [-0.1, -0.05) is 11.6 Å². The third-order valence-electron chi connectivity index (χ3n) is 3.49. The van der Waals surface area contributed by atoms with Crippen LogP contribution in [0.4, 0.5) is 5.69 Å². The van der Waals surface area contributed by atoms with Crippen molar-refractivity contribution in [1.82, 2.24) is 14.9 Å². The zero-order chi connectivity index (χ0) is 13.2. The molecule has 0 unspecified atom stereocenters. The Bertz CT molecular complexity index is 579. The van der Waals surface area contributed by atoms with Gasteiger partial charge < -0.3 is 10.3 Å². The van der Waals surface area contributed by atoms with Gasteiger partial charge in [0.15, 0.2) is 0 Å². The standard InChI is InChI=1S/C14H17ClN4/c1-18-6-8-19(9-7-18)17-14-4-5-16-13-3-2-11(15)10-12(13)14/h2-5,10H,6-9H2,1H3,(H,16,17). The van der Waals surface area contributed by atoms with Crippen molar-refractivity contribution >= 4 is 28.2 Å². The zero-order valence-corrected chi connectivity index (χ0v) is 11.7. The molecule has 0 radical (unpaired) electrons. The predicted molar refractivity (Wildman–Crippen MR) is 79.4 cm³/mol. The minimum Gasteiger partial charge on any atom is -0.318 e. The number of nitrogens with zero attached hydrogens (tertiary/aromatic N) is 3. The van der Waals surface area contributed by atoms with Crippen LogP contribution in [-0.2, 0) is 0 Å². The van der Waals surface area contributed by atoms with E-state index < -0.39 is 0 Å². The number of rotatable bonds is 2. The Morgan fingerprint density at radius 2 is 1.95 bits per heavy atom. The summed E-state index contributed by atoms with van der Waals surface area (Å²) in [6.07, 6.45) is 1.83. The maximum Gasteiger partial charge on any atom is 0.0724 e. The molecule has 1 aromatic heterocycles. The first-order chi connectivity index (χ1) is 9.22. The summed E-state index contributed by atoms with van der Waals surface area (Å²) in [5, 5.41) is 4.05. The second kappa shape index (κ2) is 5.33. The predicted octanol–water partition coefficient (Wildman–Crippen LogP) is 2.46. The van der Waals surface area contributed by atoms with Crippen LogP contribution in [0.2, 0.25) is 5.02 Å². The molecule has 2 aromatic rings. The van der Waals surface area contributed by atoms with E-state index in [2.05, 4.69) is 27.4 Å². The molecule has 1 saturated heterocycles. The minimum atomic E-state index is 0.738. The molecular weight excluding hydrogens is 260 g/mol. The first kappa shape index (κ1) is 12.7. The fourth-order valence-electron chi connectivity index (χ4n) is 2.30. The molecule has 1 N–H and O–H groups in total. The Morgan fingerprint density at radius 1 is 1.16 bits per heavy atom. The van der Waals surface area contributed by atoms with Crippen LogP contribution in [0.15, 0.2) is 30.5 Å². The number of halogens is 1. The number of piperazine rings is 1. The summed E-state index contributed by atoms with van der Waals surface area (Å²) in [6.45, 7) is 4.19. The van der Waals surface area contributed by atoms with Gasteiger partial charge in [-0.2, -0.15) is 0 Å². The largest absolute Gasteiger partial charge is 0.318 e. The molecule has 0 atom stereocenters. The van der Waals surface area contributed by atoms with Crippen molar-refractivity contribution in [2.45, 2.75) is 0 Å². The molecule has 19 heavy (non-hydrogen) atoms. The Kier molecular flexibility index (Phi) is 3.55. The number of fused-ring (bicyclic) bond motifs is 1. The van der Waals surface area contributed by atoms with Gasteiger partial charge in [-0.25, -0.2) is 5.01 Å². The monoisotopic (exact) mass is 276 g/mol. The van der Waals surface area contributed by atoms with Crippen LogP contribution in [0.3, 0.4) is 0 Å². The molecule has 1 aromatic carbocycles. The van der Waals surface area contributed by atoms with Gasteiger partial charge in [0.1, 0.15) is 0 Å². The lowest BCUT2D eigenvalue weighted by Crippen LogP contribution is -2.46. The zero-order valence-electron chi connectivity index (χ0n) is 10.9. The Hall–Kier alpha value is -1.36. The lowest BCUT2D eigenvalue weighted by atomic mass is 10.2. The molecule has 3 rings (SSSR count). The summed E-state index contributed by atoms with van der Waals surface area (Å²) in [5.41, 5.74) is 5.51. The third-order valence-corrected chi connectivity index (χ3v) is 3.72. The Balaban J connectivity index is 1.86. The highest BCUT2D eigenvalue weighted by atomic mass is 35.5. The molecule has 1 fully saturated rings. The molecule has 0 aliphatic carbocycles. The van der Waals surface area contributed by atoms with Gasteiger partial charge in [-0.3, -0.25) is 4.98 Å². The first-order valence-electron chi connectivity index (χ1n) is 6.47. The molecule has 0 saturated carbocycles. The summed E-state index contributed by atoms with van der Waals surface area (Å²) in [5.74, 6) is 0. The van der Waals surface area contributed by atoms with Gasteiger partial charge in [0.2, 0.25) is 0 Å². The average molecular weight is 277 g/mol. The number of pyridine rings is 1. The van der Waals surface area contributed by atoms with E-state index in [0.717, 1.165) is 47.8 Å². The van der Waals surface area contributed by atoms with Gasteiger partial charge in [0.25, 0.3) is 0 Å². The van der Waals surface area contributed by atoms with E-state index in [1.54, 1.807) is 0 Å². The van der Waals surface area contributed by atoms with Gasteiger partial charge in [-0.15, -0.1) is 0 Å². The van der Waals surface area contributed by atoms with Crippen LogP contribution in [0.5, 0.6) is 0 Å². The third kappa shape index (κ3) is 2.81. The van der Waals surface area contributed by atoms with Crippen molar-refractivity contribution in [2.75, 3.05) is 38.7 Å². The van der Waals surface area contributed by atoms with E-state index in [-0.39, 0.29) is 0 Å². The van der Waals surface area contributed by atoms with Crippen LogP contribution >= 0.6 is 11.6 Å². The molecule has 100 valence electrons. The minimum absolute atomic E-state index is 0.738. The van der Waals surface area contributed by atoms with E-state index in [0.29, 0.717) is 0 Å². The van der Waals surface area contributed by atoms with Crippen molar-refractivity contribution in [3.63, 3.8) is 0 Å². The lowest BCUT2D eigenvalue weighted by molar-refractivity contribution is 0.179. The second-order valence-corrected chi connectivity index (χ2v) is 5.36. The van der Waals surface area contributed by atoms with Crippen molar-refractivity contribution in [1.29, 1.82) is 0 Å². The lowest BCUT2D eigenvalue weighted by Gasteiger charge is -2.33. The fourth-order valence-corrected chi connectivity index (χ4v) is 2.48. The van der Waals surface area contributed by atoms with Gasteiger partial charge >= 0.3 is 0 Å². The van der Waals surface area contributed by atoms with E-state index in [1.807, 2.05) is 30.5 Å². The molecule has 2 heterocycles. The van der Waals surface area contributed by atoms with E-state index >= 15 is 0 Å². The highest BCUT2D eigenvalue weighted by molar-refractivity contribution is 6.31. The van der Waals surface area contributed by atoms with E-state index in [4.69, 9.17) is 11.6 Å². The van der Waals surface area contributed by atoms with Gasteiger partial charge in [0.05, 0.1) is 11.2 Å². The van der Waals surface area contributed by atoms with Crippen LogP contribution in [0.25, 0.3) is 10.9 Å². The van der Waals surface area contributed by atoms with Crippen LogP contribution < -0.4 is 5.43 Å². The molecule has 0 amide bonds. The topological polar surface area (TPSA) is 31.4 Å². The highest BCUT2D eigenvalue weighted by Gasteiger charge is 2.14. The fraction of sp³-hybridized carbons (Fsp3) is 0.357. The molecule has 1 aliphatic rings. The van der Waals surface area contributed by atoms with Gasteiger partial charge in [0, 0.05) is 42.8 Å². The van der Waals surface area contributed by atoms with Crippen LogP contribution in [-0.4, -0.2) is 48.1 Å². The normalized spacial score (nSPS) is 17.8. The maximum absolute atomic E-state index is 6.08. The van der Waals surface area contributed by atoms with Crippen molar-refractivity contribution in [3.8, 4) is 0 Å². The average Bonchev–Trinajstić information content (AvgIpc) is 2.42. The Labute approximate surface area is 117 Å². The van der Waals surface area contributed by atoms with Gasteiger partial charge in [-0.05, 0) is 31.3 Å². The van der Waals surface area contributed by atoms with Crippen molar-refractivity contribution in [3.05, 3.63) is 35.5 Å². The van der Waals surface area contributed by atoms with Crippen LogP contribution in [0.1, 0.15) is 0 Å². The number of nitrogens with one attached hydrogen (secondary N) is 1. The molecule has 5 heteroatoms. The summed E-state index contributed by atoms with van der Waals surface area (Å²) < 4.78 is 0. The molecular formula is C14H17ClN4. The molecule has 0 spiro atoms. The summed E-state index contributed by atoms with van der Waals surface area (Å²) >= 11 is 6.08. The number of benzene rings is 1. The summed E-state index contributed by atoms with van der Waals surface area (Å²) in [4.78, 5) is 6.70. The summed E-state index contributed by atoms with van der Waals surface area (Å²) in [6, 6.07) is 7.78. The number of aromatic nitrogens is 1.